The van der Waals surface area contributed by atoms with Gasteiger partial charge in [0.05, 0.1) is 0 Å². The normalized spacial score (nSPS) is 13.0. The predicted molar refractivity (Wildman–Crippen MR) is 104 cm³/mol. The highest BCUT2D eigenvalue weighted by Gasteiger charge is 2.11. The van der Waals surface area contributed by atoms with E-state index in [9.17, 15) is 4.79 Å². The number of ether oxygens (including phenoxy) is 1. The third-order valence-corrected chi connectivity index (χ3v) is 4.28. The fourth-order valence-corrected chi connectivity index (χ4v) is 2.92. The molecule has 4 nitrogen and oxygen atoms in total. The summed E-state index contributed by atoms with van der Waals surface area (Å²) in [5, 5.41) is 2.72. The molecule has 26 heavy (non-hydrogen) atoms. The second kappa shape index (κ2) is 9.53. The summed E-state index contributed by atoms with van der Waals surface area (Å²) in [6.07, 6.45) is 2.71. The summed E-state index contributed by atoms with van der Waals surface area (Å²) in [5.41, 5.74) is 3.23. The molecule has 0 saturated carbocycles. The molecule has 3 rings (SSSR count). The minimum atomic E-state index is -0.410. The lowest BCUT2D eigenvalue weighted by Gasteiger charge is -2.17. The summed E-state index contributed by atoms with van der Waals surface area (Å²) < 4.78 is 5.16. The molecule has 1 aliphatic rings. The maximum Gasteiger partial charge on any atom is 0.407 e. The van der Waals surface area contributed by atoms with Crippen LogP contribution in [0.2, 0.25) is 0 Å². The van der Waals surface area contributed by atoms with Gasteiger partial charge in [-0.2, -0.15) is 0 Å². The minimum Gasteiger partial charge on any atom is -0.445 e. The van der Waals surface area contributed by atoms with Crippen molar-refractivity contribution in [1.29, 1.82) is 0 Å². The molecule has 0 aliphatic carbocycles. The van der Waals surface area contributed by atoms with E-state index in [1.807, 2.05) is 36.4 Å². The predicted octanol–water partition coefficient (Wildman–Crippen LogP) is 3.95. The van der Waals surface area contributed by atoms with E-state index in [1.165, 1.54) is 18.5 Å². The molecule has 1 heterocycles. The van der Waals surface area contributed by atoms with Crippen molar-refractivity contribution in [3.8, 4) is 11.8 Å². The number of rotatable bonds is 5. The Kier molecular flexibility index (Phi) is 6.55. The van der Waals surface area contributed by atoms with Crippen LogP contribution in [0.5, 0.6) is 0 Å². The monoisotopic (exact) mass is 348 g/mol. The Morgan fingerprint density at radius 3 is 2.69 bits per heavy atom. The molecule has 134 valence electrons. The van der Waals surface area contributed by atoms with E-state index >= 15 is 0 Å². The number of nitrogens with one attached hydrogen (secondary N) is 1. The van der Waals surface area contributed by atoms with Crippen molar-refractivity contribution in [2.24, 2.45) is 0 Å². The molecule has 0 bridgehead atoms. The van der Waals surface area contributed by atoms with Crippen LogP contribution in [-0.2, 0) is 11.3 Å². The van der Waals surface area contributed by atoms with Gasteiger partial charge in [-0.25, -0.2) is 4.79 Å². The van der Waals surface area contributed by atoms with E-state index in [0.717, 1.165) is 24.2 Å². The van der Waals surface area contributed by atoms with Crippen molar-refractivity contribution in [1.82, 2.24) is 5.32 Å². The van der Waals surface area contributed by atoms with Crippen LogP contribution in [-0.4, -0.2) is 25.7 Å². The van der Waals surface area contributed by atoms with Crippen LogP contribution in [0.1, 0.15) is 30.4 Å². The largest absolute Gasteiger partial charge is 0.445 e. The van der Waals surface area contributed by atoms with E-state index in [2.05, 4.69) is 40.3 Å². The van der Waals surface area contributed by atoms with Crippen LogP contribution in [0.3, 0.4) is 0 Å². The van der Waals surface area contributed by atoms with Crippen LogP contribution in [0.15, 0.2) is 54.6 Å². The van der Waals surface area contributed by atoms with Crippen LogP contribution < -0.4 is 10.2 Å². The summed E-state index contributed by atoms with van der Waals surface area (Å²) in [6.45, 7) is 3.02. The van der Waals surface area contributed by atoms with Crippen LogP contribution in [0, 0.1) is 11.8 Å². The smallest absolute Gasteiger partial charge is 0.407 e. The highest BCUT2D eigenvalue weighted by molar-refractivity contribution is 5.67. The number of hydrogen-bond donors (Lipinski definition) is 1. The molecule has 1 saturated heterocycles. The maximum atomic E-state index is 11.7. The van der Waals surface area contributed by atoms with Gasteiger partial charge >= 0.3 is 6.09 Å². The van der Waals surface area contributed by atoms with E-state index in [1.54, 1.807) is 0 Å². The van der Waals surface area contributed by atoms with E-state index < -0.39 is 6.09 Å². The van der Waals surface area contributed by atoms with Gasteiger partial charge in [-0.3, -0.25) is 0 Å². The topological polar surface area (TPSA) is 41.6 Å². The van der Waals surface area contributed by atoms with Crippen molar-refractivity contribution < 1.29 is 9.53 Å². The standard InChI is InChI=1S/C22H24N2O2/c25-22(26-18-20-10-2-1-3-11-20)23-14-5-4-9-19-12-8-13-21(17-19)24-15-6-7-16-24/h1-3,8,10-13,17H,5-7,14-16,18H2,(H,23,25). The van der Waals surface area contributed by atoms with E-state index in [0.29, 0.717) is 13.0 Å². The summed E-state index contributed by atoms with van der Waals surface area (Å²) >= 11 is 0. The number of alkyl carbamates (subject to hydrolysis) is 1. The van der Waals surface area contributed by atoms with Crippen molar-refractivity contribution in [3.05, 3.63) is 65.7 Å². The Hall–Kier alpha value is -2.93. The molecule has 4 heteroatoms. The maximum absolute atomic E-state index is 11.7. The van der Waals surface area contributed by atoms with Crippen LogP contribution in [0.25, 0.3) is 0 Å². The average molecular weight is 348 g/mol. The lowest BCUT2D eigenvalue weighted by molar-refractivity contribution is 0.140. The average Bonchev–Trinajstić information content (AvgIpc) is 3.22. The molecule has 2 aromatic rings. The molecule has 1 N–H and O–H groups in total. The van der Waals surface area contributed by atoms with Gasteiger partial charge in [0.15, 0.2) is 0 Å². The second-order valence-corrected chi connectivity index (χ2v) is 6.28. The van der Waals surface area contributed by atoms with Gasteiger partial charge in [-0.05, 0) is 36.6 Å². The lowest BCUT2D eigenvalue weighted by Crippen LogP contribution is -2.24. The second-order valence-electron chi connectivity index (χ2n) is 6.28. The van der Waals surface area contributed by atoms with Gasteiger partial charge in [-0.15, -0.1) is 0 Å². The fourth-order valence-electron chi connectivity index (χ4n) is 2.92. The fraction of sp³-hybridized carbons (Fsp3) is 0.318. The molecular formula is C22H24N2O2. The first-order chi connectivity index (χ1) is 12.8. The van der Waals surface area contributed by atoms with Gasteiger partial charge in [0, 0.05) is 37.3 Å². The number of anilines is 1. The molecule has 0 spiro atoms. The van der Waals surface area contributed by atoms with Gasteiger partial charge in [0.1, 0.15) is 6.61 Å². The highest BCUT2D eigenvalue weighted by atomic mass is 16.5. The molecular weight excluding hydrogens is 324 g/mol. The Morgan fingerprint density at radius 1 is 1.08 bits per heavy atom. The van der Waals surface area contributed by atoms with Gasteiger partial charge in [0.2, 0.25) is 0 Å². The number of hydrogen-bond acceptors (Lipinski definition) is 3. The first-order valence-electron chi connectivity index (χ1n) is 9.10. The Morgan fingerprint density at radius 2 is 1.88 bits per heavy atom. The van der Waals surface area contributed by atoms with E-state index in [4.69, 9.17) is 4.74 Å². The third-order valence-electron chi connectivity index (χ3n) is 4.28. The van der Waals surface area contributed by atoms with Crippen molar-refractivity contribution >= 4 is 11.8 Å². The Balaban J connectivity index is 1.38. The highest BCUT2D eigenvalue weighted by Crippen LogP contribution is 2.20. The summed E-state index contributed by atoms with van der Waals surface area (Å²) in [4.78, 5) is 14.1. The number of carbonyl (C=O) groups is 1. The number of nitrogens with zero attached hydrogens (tertiary/aromatic N) is 1. The zero-order valence-corrected chi connectivity index (χ0v) is 14.9. The SMILES string of the molecule is O=C(NCCC#Cc1cccc(N2CCCC2)c1)OCc1ccccc1. The Bertz CT molecular complexity index is 771. The van der Waals surface area contributed by atoms with Gasteiger partial charge in [-0.1, -0.05) is 48.2 Å². The quantitative estimate of drug-likeness (QED) is 0.657. The van der Waals surface area contributed by atoms with Gasteiger partial charge < -0.3 is 15.0 Å². The molecule has 1 fully saturated rings. The lowest BCUT2D eigenvalue weighted by atomic mass is 10.2. The summed E-state index contributed by atoms with van der Waals surface area (Å²) in [5.74, 6) is 6.28. The minimum absolute atomic E-state index is 0.279. The first-order valence-corrected chi connectivity index (χ1v) is 9.10. The zero-order chi connectivity index (χ0) is 18.0. The van der Waals surface area contributed by atoms with Crippen LogP contribution in [0.4, 0.5) is 10.5 Å². The number of benzene rings is 2. The zero-order valence-electron chi connectivity index (χ0n) is 14.9. The summed E-state index contributed by atoms with van der Waals surface area (Å²) in [6, 6.07) is 18.0. The van der Waals surface area contributed by atoms with Crippen LogP contribution >= 0.6 is 0 Å². The van der Waals surface area contributed by atoms with Crippen molar-refractivity contribution in [2.75, 3.05) is 24.5 Å². The first kappa shape index (κ1) is 17.9. The summed E-state index contributed by atoms with van der Waals surface area (Å²) in [7, 11) is 0. The molecule has 1 aliphatic heterocycles. The number of carbonyl (C=O) groups excluding carboxylic acids is 1. The molecule has 0 unspecified atom stereocenters. The molecule has 0 radical (unpaired) electrons. The molecule has 0 atom stereocenters. The third kappa shape index (κ3) is 5.56. The molecule has 1 amide bonds. The van der Waals surface area contributed by atoms with Crippen molar-refractivity contribution in [2.45, 2.75) is 25.9 Å². The van der Waals surface area contributed by atoms with Gasteiger partial charge in [0.25, 0.3) is 0 Å². The molecule has 2 aromatic carbocycles. The van der Waals surface area contributed by atoms with E-state index in [-0.39, 0.29) is 6.61 Å². The molecule has 0 aromatic heterocycles. The number of amides is 1. The van der Waals surface area contributed by atoms with Crippen molar-refractivity contribution in [3.63, 3.8) is 0 Å². The Labute approximate surface area is 155 Å².